The topological polar surface area (TPSA) is 48.4 Å². The van der Waals surface area contributed by atoms with E-state index >= 15 is 0 Å². The number of methoxy groups -OCH3 is 1. The molecule has 0 aliphatic rings. The summed E-state index contributed by atoms with van der Waals surface area (Å²) in [7, 11) is 1.29. The van der Waals surface area contributed by atoms with E-state index in [1.54, 1.807) is 18.2 Å². The summed E-state index contributed by atoms with van der Waals surface area (Å²) in [6.07, 6.45) is 3.14. The van der Waals surface area contributed by atoms with E-state index in [4.69, 9.17) is 16.3 Å². The number of aromatic nitrogens is 1. The summed E-state index contributed by atoms with van der Waals surface area (Å²) in [6.45, 7) is 2.43. The second-order valence-electron chi connectivity index (χ2n) is 2.82. The van der Waals surface area contributed by atoms with E-state index in [1.165, 1.54) is 13.4 Å². The van der Waals surface area contributed by atoms with Crippen molar-refractivity contribution in [3.05, 3.63) is 34.8 Å². The number of pyridine rings is 1. The average molecular weight is 242 g/mol. The number of carbonyl (C=O) groups is 1. The lowest BCUT2D eigenvalue weighted by atomic mass is 10.2. The van der Waals surface area contributed by atoms with E-state index < -0.39 is 5.97 Å². The van der Waals surface area contributed by atoms with Gasteiger partial charge in [-0.1, -0.05) is 11.6 Å². The third-order valence-electron chi connectivity index (χ3n) is 1.78. The van der Waals surface area contributed by atoms with Crippen molar-refractivity contribution in [2.75, 3.05) is 13.7 Å². The molecule has 1 aromatic heterocycles. The van der Waals surface area contributed by atoms with Crippen LogP contribution in [0, 0.1) is 0 Å². The lowest BCUT2D eigenvalue weighted by Crippen LogP contribution is -2.06. The standard InChI is InChI=1S/C11H12ClNO3/c1-3-16-7-6-8-4-5-9(12)13-10(8)11(14)15-2/h4-7H,3H2,1-2H3/b7-6+. The number of rotatable bonds is 4. The molecule has 0 aliphatic carbocycles. The van der Waals surface area contributed by atoms with Crippen LogP contribution in [-0.4, -0.2) is 24.7 Å². The van der Waals surface area contributed by atoms with Gasteiger partial charge in [-0.2, -0.15) is 0 Å². The molecule has 5 heteroatoms. The zero-order valence-corrected chi connectivity index (χ0v) is 9.82. The van der Waals surface area contributed by atoms with E-state index in [9.17, 15) is 4.79 Å². The van der Waals surface area contributed by atoms with Crippen molar-refractivity contribution in [1.82, 2.24) is 4.98 Å². The summed E-state index contributed by atoms with van der Waals surface area (Å²) < 4.78 is 9.65. The maximum absolute atomic E-state index is 11.4. The van der Waals surface area contributed by atoms with Gasteiger partial charge in [0.2, 0.25) is 0 Å². The average Bonchev–Trinajstić information content (AvgIpc) is 2.30. The van der Waals surface area contributed by atoms with E-state index in [0.29, 0.717) is 12.2 Å². The lowest BCUT2D eigenvalue weighted by molar-refractivity contribution is 0.0594. The Morgan fingerprint density at radius 1 is 1.56 bits per heavy atom. The highest BCUT2D eigenvalue weighted by Gasteiger charge is 2.12. The molecule has 0 N–H and O–H groups in total. The van der Waals surface area contributed by atoms with Crippen LogP contribution in [0.2, 0.25) is 5.15 Å². The summed E-state index contributed by atoms with van der Waals surface area (Å²) in [5, 5.41) is 0.244. The molecule has 16 heavy (non-hydrogen) atoms. The zero-order valence-electron chi connectivity index (χ0n) is 9.07. The van der Waals surface area contributed by atoms with Crippen molar-refractivity contribution in [2.24, 2.45) is 0 Å². The fraction of sp³-hybridized carbons (Fsp3) is 0.273. The van der Waals surface area contributed by atoms with Gasteiger partial charge in [-0.05, 0) is 25.1 Å². The lowest BCUT2D eigenvalue weighted by Gasteiger charge is -2.03. The number of halogens is 1. The molecule has 0 spiro atoms. The summed E-state index contributed by atoms with van der Waals surface area (Å²) in [5.74, 6) is -0.529. The van der Waals surface area contributed by atoms with Crippen LogP contribution in [0.4, 0.5) is 0 Å². The number of nitrogens with zero attached hydrogens (tertiary/aromatic N) is 1. The van der Waals surface area contributed by atoms with Gasteiger partial charge in [0.1, 0.15) is 5.15 Å². The highest BCUT2D eigenvalue weighted by Crippen LogP contribution is 2.14. The van der Waals surface area contributed by atoms with Gasteiger partial charge in [-0.15, -0.1) is 0 Å². The molecule has 0 radical (unpaired) electrons. The Bertz CT molecular complexity index is 404. The third-order valence-corrected chi connectivity index (χ3v) is 1.99. The molecule has 0 unspecified atom stereocenters. The highest BCUT2D eigenvalue weighted by atomic mass is 35.5. The van der Waals surface area contributed by atoms with Gasteiger partial charge in [0.25, 0.3) is 0 Å². The Kier molecular flexibility index (Phi) is 4.79. The first-order valence-electron chi connectivity index (χ1n) is 4.72. The molecule has 1 heterocycles. The van der Waals surface area contributed by atoms with Gasteiger partial charge in [0.15, 0.2) is 5.69 Å². The van der Waals surface area contributed by atoms with Crippen molar-refractivity contribution in [3.63, 3.8) is 0 Å². The van der Waals surface area contributed by atoms with Gasteiger partial charge in [-0.25, -0.2) is 9.78 Å². The Labute approximate surface area is 98.8 Å². The first-order chi connectivity index (χ1) is 7.69. The summed E-state index contributed by atoms with van der Waals surface area (Å²) in [4.78, 5) is 15.3. The molecule has 1 aromatic rings. The molecule has 0 saturated carbocycles. The van der Waals surface area contributed by atoms with Crippen molar-refractivity contribution < 1.29 is 14.3 Å². The van der Waals surface area contributed by atoms with E-state index in [0.717, 1.165) is 0 Å². The Morgan fingerprint density at radius 3 is 2.94 bits per heavy atom. The van der Waals surface area contributed by atoms with Crippen molar-refractivity contribution in [1.29, 1.82) is 0 Å². The molecule has 0 saturated heterocycles. The van der Waals surface area contributed by atoms with Crippen LogP contribution >= 0.6 is 11.6 Å². The van der Waals surface area contributed by atoms with Gasteiger partial charge in [0.05, 0.1) is 20.0 Å². The summed E-state index contributed by atoms with van der Waals surface area (Å²) in [6, 6.07) is 3.27. The molecule has 0 fully saturated rings. The summed E-state index contributed by atoms with van der Waals surface area (Å²) in [5.41, 5.74) is 0.774. The fourth-order valence-electron chi connectivity index (χ4n) is 1.06. The van der Waals surface area contributed by atoms with Crippen molar-refractivity contribution in [3.8, 4) is 0 Å². The van der Waals surface area contributed by atoms with Crippen molar-refractivity contribution in [2.45, 2.75) is 6.92 Å². The second kappa shape index (κ2) is 6.12. The molecule has 4 nitrogen and oxygen atoms in total. The quantitative estimate of drug-likeness (QED) is 0.462. The van der Waals surface area contributed by atoms with Gasteiger partial charge < -0.3 is 9.47 Å². The predicted octanol–water partition coefficient (Wildman–Crippen LogP) is 2.53. The number of ether oxygens (including phenoxy) is 2. The molecule has 1 rings (SSSR count). The highest BCUT2D eigenvalue weighted by molar-refractivity contribution is 6.29. The monoisotopic (exact) mass is 241 g/mol. The van der Waals surface area contributed by atoms with Crippen LogP contribution in [0.1, 0.15) is 23.0 Å². The zero-order chi connectivity index (χ0) is 12.0. The van der Waals surface area contributed by atoms with Gasteiger partial charge in [-0.3, -0.25) is 0 Å². The largest absolute Gasteiger partial charge is 0.501 e. The van der Waals surface area contributed by atoms with E-state index in [-0.39, 0.29) is 10.8 Å². The van der Waals surface area contributed by atoms with Gasteiger partial charge >= 0.3 is 5.97 Å². The molecule has 86 valence electrons. The molecule has 0 aliphatic heterocycles. The minimum Gasteiger partial charge on any atom is -0.501 e. The van der Waals surface area contributed by atoms with Crippen molar-refractivity contribution >= 4 is 23.6 Å². The fourth-order valence-corrected chi connectivity index (χ4v) is 1.21. The van der Waals surface area contributed by atoms with Crippen LogP contribution in [-0.2, 0) is 9.47 Å². The van der Waals surface area contributed by atoms with E-state index in [1.807, 2.05) is 6.92 Å². The first-order valence-corrected chi connectivity index (χ1v) is 5.09. The third kappa shape index (κ3) is 3.24. The molecule has 0 amide bonds. The van der Waals surface area contributed by atoms with Crippen LogP contribution < -0.4 is 0 Å². The normalized spacial score (nSPS) is 10.4. The number of carbonyl (C=O) groups excluding carboxylic acids is 1. The minimum absolute atomic E-state index is 0.172. The minimum atomic E-state index is -0.529. The predicted molar refractivity (Wildman–Crippen MR) is 61.2 cm³/mol. The molecule has 0 aromatic carbocycles. The van der Waals surface area contributed by atoms with Crippen LogP contribution in [0.5, 0.6) is 0 Å². The van der Waals surface area contributed by atoms with Gasteiger partial charge in [0, 0.05) is 5.56 Å². The second-order valence-corrected chi connectivity index (χ2v) is 3.21. The number of esters is 1. The van der Waals surface area contributed by atoms with Crippen LogP contribution in [0.15, 0.2) is 18.4 Å². The molecule has 0 atom stereocenters. The molecule has 0 bridgehead atoms. The van der Waals surface area contributed by atoms with E-state index in [2.05, 4.69) is 9.72 Å². The maximum Gasteiger partial charge on any atom is 0.357 e. The smallest absolute Gasteiger partial charge is 0.357 e. The Balaban J connectivity index is 3.02. The Hall–Kier alpha value is -1.55. The van der Waals surface area contributed by atoms with Crippen LogP contribution in [0.25, 0.3) is 6.08 Å². The number of hydrogen-bond donors (Lipinski definition) is 0. The summed E-state index contributed by atoms with van der Waals surface area (Å²) >= 11 is 5.70. The molecular weight excluding hydrogens is 230 g/mol. The van der Waals surface area contributed by atoms with Crippen LogP contribution in [0.3, 0.4) is 0 Å². The molecular formula is C11H12ClNO3. The Morgan fingerprint density at radius 2 is 2.31 bits per heavy atom. The maximum atomic E-state index is 11.4. The SMILES string of the molecule is CCO/C=C/c1ccc(Cl)nc1C(=O)OC. The number of hydrogen-bond acceptors (Lipinski definition) is 4. The first kappa shape index (κ1) is 12.5.